The highest BCUT2D eigenvalue weighted by Gasteiger charge is 2.09. The highest BCUT2D eigenvalue weighted by atomic mass is 79.9. The summed E-state index contributed by atoms with van der Waals surface area (Å²) in [5, 5.41) is 0. The maximum atomic E-state index is 5.77. The van der Waals surface area contributed by atoms with E-state index in [0.717, 1.165) is 20.1 Å². The maximum Gasteiger partial charge on any atom is 0.228 e. The van der Waals surface area contributed by atoms with Crippen LogP contribution >= 0.6 is 31.9 Å². The summed E-state index contributed by atoms with van der Waals surface area (Å²) in [7, 11) is 0. The lowest BCUT2D eigenvalue weighted by atomic mass is 10.2. The van der Waals surface area contributed by atoms with Crippen molar-refractivity contribution in [3.05, 3.63) is 50.5 Å². The second kappa shape index (κ2) is 5.71. The van der Waals surface area contributed by atoms with Crippen LogP contribution in [0.15, 0.2) is 39.4 Å². The van der Waals surface area contributed by atoms with E-state index in [2.05, 4.69) is 36.8 Å². The van der Waals surface area contributed by atoms with Crippen LogP contribution in [0.2, 0.25) is 0 Å². The highest BCUT2D eigenvalue weighted by molar-refractivity contribution is 9.10. The van der Waals surface area contributed by atoms with Crippen LogP contribution in [0.3, 0.4) is 0 Å². The van der Waals surface area contributed by atoms with Crippen molar-refractivity contribution < 1.29 is 4.74 Å². The molecule has 0 unspecified atom stereocenters. The second-order valence-electron chi connectivity index (χ2n) is 3.84. The van der Waals surface area contributed by atoms with Crippen molar-refractivity contribution in [3.63, 3.8) is 0 Å². The quantitative estimate of drug-likeness (QED) is 0.884. The predicted octanol–water partition coefficient (Wildman–Crippen LogP) is 4.08. The van der Waals surface area contributed by atoms with E-state index < -0.39 is 0 Å². The number of hydrogen-bond donors (Lipinski definition) is 1. The van der Waals surface area contributed by atoms with Gasteiger partial charge in [-0.15, -0.1) is 0 Å². The Balaban J connectivity index is 2.17. The second-order valence-corrected chi connectivity index (χ2v) is 5.49. The highest BCUT2D eigenvalue weighted by Crippen LogP contribution is 2.30. The van der Waals surface area contributed by atoms with Gasteiger partial charge in [-0.05, 0) is 34.5 Å². The van der Waals surface area contributed by atoms with Gasteiger partial charge >= 0.3 is 0 Å². The minimum atomic E-state index is 0.455. The standard InChI is InChI=1S/C13H12Br2N2O/c1-8-11(16)6-17-13(12(8)15)18-7-9-4-2-3-5-10(9)14/h2-6H,7,16H2,1H3. The third-order valence-corrected chi connectivity index (χ3v) is 4.30. The Hall–Kier alpha value is -1.07. The van der Waals surface area contributed by atoms with Gasteiger partial charge < -0.3 is 10.5 Å². The Kier molecular flexibility index (Phi) is 4.24. The SMILES string of the molecule is Cc1c(N)cnc(OCc2ccccc2Br)c1Br. The van der Waals surface area contributed by atoms with Crippen molar-refractivity contribution in [1.29, 1.82) is 0 Å². The molecule has 0 saturated heterocycles. The molecule has 1 aromatic heterocycles. The molecule has 2 aromatic rings. The molecule has 0 amide bonds. The summed E-state index contributed by atoms with van der Waals surface area (Å²) < 4.78 is 7.52. The smallest absolute Gasteiger partial charge is 0.228 e. The van der Waals surface area contributed by atoms with Crippen LogP contribution in [0, 0.1) is 6.92 Å². The van der Waals surface area contributed by atoms with E-state index in [1.807, 2.05) is 31.2 Å². The first-order chi connectivity index (χ1) is 8.59. The Bertz CT molecular complexity index is 573. The number of nitrogens with zero attached hydrogens (tertiary/aromatic N) is 1. The number of ether oxygens (including phenoxy) is 1. The van der Waals surface area contributed by atoms with Gasteiger partial charge in [0, 0.05) is 10.0 Å². The van der Waals surface area contributed by atoms with E-state index >= 15 is 0 Å². The van der Waals surface area contributed by atoms with Crippen LogP contribution < -0.4 is 10.5 Å². The summed E-state index contributed by atoms with van der Waals surface area (Å²) in [5.41, 5.74) is 8.42. The molecule has 0 aliphatic rings. The van der Waals surface area contributed by atoms with Gasteiger partial charge in [0.2, 0.25) is 5.88 Å². The number of aromatic nitrogens is 1. The molecule has 2 rings (SSSR count). The van der Waals surface area contributed by atoms with E-state index in [1.54, 1.807) is 6.20 Å². The van der Waals surface area contributed by atoms with Gasteiger partial charge in [-0.3, -0.25) is 0 Å². The average molecular weight is 372 g/mol. The Morgan fingerprint density at radius 1 is 1.28 bits per heavy atom. The molecule has 2 N–H and O–H groups in total. The normalized spacial score (nSPS) is 10.4. The van der Waals surface area contributed by atoms with Crippen LogP contribution in [0.25, 0.3) is 0 Å². The van der Waals surface area contributed by atoms with Gasteiger partial charge in [0.25, 0.3) is 0 Å². The molecule has 1 heterocycles. The fourth-order valence-corrected chi connectivity index (χ4v) is 2.28. The van der Waals surface area contributed by atoms with E-state index in [4.69, 9.17) is 10.5 Å². The lowest BCUT2D eigenvalue weighted by Crippen LogP contribution is -2.01. The zero-order valence-corrected chi connectivity index (χ0v) is 13.0. The van der Waals surface area contributed by atoms with Gasteiger partial charge in [-0.1, -0.05) is 34.1 Å². The van der Waals surface area contributed by atoms with Gasteiger partial charge in [-0.25, -0.2) is 4.98 Å². The molecule has 1 aromatic carbocycles. The molecule has 0 spiro atoms. The minimum Gasteiger partial charge on any atom is -0.472 e. The van der Waals surface area contributed by atoms with E-state index in [-0.39, 0.29) is 0 Å². The number of rotatable bonds is 3. The molecule has 0 bridgehead atoms. The number of pyridine rings is 1. The number of nitrogens with two attached hydrogens (primary N) is 1. The van der Waals surface area contributed by atoms with Crippen molar-refractivity contribution >= 4 is 37.5 Å². The van der Waals surface area contributed by atoms with Crippen LogP contribution in [0.1, 0.15) is 11.1 Å². The van der Waals surface area contributed by atoms with Crippen LogP contribution in [-0.2, 0) is 6.61 Å². The lowest BCUT2D eigenvalue weighted by Gasteiger charge is -2.11. The van der Waals surface area contributed by atoms with Crippen molar-refractivity contribution in [2.24, 2.45) is 0 Å². The number of anilines is 1. The van der Waals surface area contributed by atoms with E-state index in [9.17, 15) is 0 Å². The topological polar surface area (TPSA) is 48.1 Å². The average Bonchev–Trinajstić information content (AvgIpc) is 2.37. The Morgan fingerprint density at radius 2 is 2.00 bits per heavy atom. The van der Waals surface area contributed by atoms with Gasteiger partial charge in [0.1, 0.15) is 6.61 Å². The third kappa shape index (κ3) is 2.84. The summed E-state index contributed by atoms with van der Waals surface area (Å²) in [5.74, 6) is 0.553. The zero-order chi connectivity index (χ0) is 13.1. The summed E-state index contributed by atoms with van der Waals surface area (Å²) in [6.45, 7) is 2.38. The molecular weight excluding hydrogens is 360 g/mol. The van der Waals surface area contributed by atoms with Crippen LogP contribution in [-0.4, -0.2) is 4.98 Å². The number of hydrogen-bond acceptors (Lipinski definition) is 3. The lowest BCUT2D eigenvalue weighted by molar-refractivity contribution is 0.291. The van der Waals surface area contributed by atoms with E-state index in [1.165, 1.54) is 0 Å². The largest absolute Gasteiger partial charge is 0.472 e. The first kappa shape index (κ1) is 13.4. The Morgan fingerprint density at radius 3 is 2.72 bits per heavy atom. The molecule has 0 fully saturated rings. The number of halogens is 2. The fraction of sp³-hybridized carbons (Fsp3) is 0.154. The first-order valence-electron chi connectivity index (χ1n) is 5.36. The first-order valence-corrected chi connectivity index (χ1v) is 6.95. The molecule has 0 atom stereocenters. The molecule has 0 radical (unpaired) electrons. The van der Waals surface area contributed by atoms with Crippen molar-refractivity contribution in [1.82, 2.24) is 4.98 Å². The zero-order valence-electron chi connectivity index (χ0n) is 9.78. The van der Waals surface area contributed by atoms with Gasteiger partial charge in [-0.2, -0.15) is 0 Å². The minimum absolute atomic E-state index is 0.455. The van der Waals surface area contributed by atoms with E-state index in [0.29, 0.717) is 18.2 Å². The molecule has 0 aliphatic heterocycles. The Labute approximate surface area is 123 Å². The summed E-state index contributed by atoms with van der Waals surface area (Å²) in [6.07, 6.45) is 1.61. The molecule has 5 heteroatoms. The maximum absolute atomic E-state index is 5.77. The van der Waals surface area contributed by atoms with Crippen LogP contribution in [0.4, 0.5) is 5.69 Å². The molecule has 0 aliphatic carbocycles. The fourth-order valence-electron chi connectivity index (χ4n) is 1.43. The summed E-state index contributed by atoms with van der Waals surface area (Å²) in [4.78, 5) is 4.17. The van der Waals surface area contributed by atoms with Crippen LogP contribution in [0.5, 0.6) is 5.88 Å². The molecule has 94 valence electrons. The van der Waals surface area contributed by atoms with Gasteiger partial charge in [0.05, 0.1) is 16.4 Å². The molecular formula is C13H12Br2N2O. The van der Waals surface area contributed by atoms with Crippen molar-refractivity contribution in [2.45, 2.75) is 13.5 Å². The third-order valence-electron chi connectivity index (χ3n) is 2.59. The predicted molar refractivity (Wildman–Crippen MR) is 79.6 cm³/mol. The molecule has 0 saturated carbocycles. The monoisotopic (exact) mass is 370 g/mol. The molecule has 3 nitrogen and oxygen atoms in total. The summed E-state index contributed by atoms with van der Waals surface area (Å²) >= 11 is 6.93. The number of benzene rings is 1. The molecule has 18 heavy (non-hydrogen) atoms. The van der Waals surface area contributed by atoms with Crippen molar-refractivity contribution in [2.75, 3.05) is 5.73 Å². The number of nitrogen functional groups attached to an aromatic ring is 1. The van der Waals surface area contributed by atoms with Crippen molar-refractivity contribution in [3.8, 4) is 5.88 Å². The van der Waals surface area contributed by atoms with Gasteiger partial charge in [0.15, 0.2) is 0 Å². The summed E-state index contributed by atoms with van der Waals surface area (Å²) in [6, 6.07) is 7.92.